The summed E-state index contributed by atoms with van der Waals surface area (Å²) in [5, 5.41) is 6.08. The molecule has 0 bridgehead atoms. The first-order chi connectivity index (χ1) is 12.1. The Bertz CT molecular complexity index is 610. The van der Waals surface area contributed by atoms with E-state index in [0.717, 1.165) is 38.1 Å². The maximum absolute atomic E-state index is 13.1. The number of likely N-dealkylation sites (tertiary alicyclic amines) is 1. The molecule has 0 spiro atoms. The van der Waals surface area contributed by atoms with E-state index in [1.807, 2.05) is 11.8 Å². The van der Waals surface area contributed by atoms with Gasteiger partial charge >= 0.3 is 0 Å². The standard InChI is InChI=1S/C17H24F2N4O2.HI/c1-2-20-17(22-12-16(24)23-8-3-4-9-23)21-7-10-25-13-5-6-14(18)15(19)11-13;/h5-6,11H,2-4,7-10,12H2,1H3,(H2,20,21,22);1H. The van der Waals surface area contributed by atoms with Crippen molar-refractivity contribution in [3.8, 4) is 5.75 Å². The molecular formula is C17H25F2IN4O2. The Morgan fingerprint density at radius 2 is 1.96 bits per heavy atom. The van der Waals surface area contributed by atoms with Crippen molar-refractivity contribution in [3.63, 3.8) is 0 Å². The number of nitrogens with zero attached hydrogens (tertiary/aromatic N) is 2. The molecule has 0 aliphatic carbocycles. The molecule has 1 fully saturated rings. The van der Waals surface area contributed by atoms with E-state index in [1.165, 1.54) is 6.07 Å². The fourth-order valence-electron chi connectivity index (χ4n) is 2.46. The number of carbonyl (C=O) groups excluding carboxylic acids is 1. The molecule has 1 aliphatic rings. The van der Waals surface area contributed by atoms with Gasteiger partial charge in [-0.1, -0.05) is 0 Å². The third kappa shape index (κ3) is 7.30. The van der Waals surface area contributed by atoms with Gasteiger partial charge in [-0.25, -0.2) is 13.8 Å². The highest BCUT2D eigenvalue weighted by Gasteiger charge is 2.17. The predicted molar refractivity (Wildman–Crippen MR) is 107 cm³/mol. The molecule has 1 aromatic rings. The van der Waals surface area contributed by atoms with Crippen LogP contribution in [-0.4, -0.2) is 56.1 Å². The zero-order chi connectivity index (χ0) is 18.1. The van der Waals surface area contributed by atoms with Gasteiger partial charge in [0.1, 0.15) is 18.9 Å². The van der Waals surface area contributed by atoms with Crippen LogP contribution >= 0.6 is 24.0 Å². The first-order valence-corrected chi connectivity index (χ1v) is 8.48. The van der Waals surface area contributed by atoms with E-state index in [-0.39, 0.29) is 48.8 Å². The molecular weight excluding hydrogens is 457 g/mol. The highest BCUT2D eigenvalue weighted by atomic mass is 127. The van der Waals surface area contributed by atoms with Crippen molar-refractivity contribution in [2.75, 3.05) is 39.3 Å². The highest BCUT2D eigenvalue weighted by Crippen LogP contribution is 2.14. The smallest absolute Gasteiger partial charge is 0.244 e. The number of benzene rings is 1. The minimum absolute atomic E-state index is 0. The molecule has 0 atom stereocenters. The summed E-state index contributed by atoms with van der Waals surface area (Å²) in [6.07, 6.45) is 2.10. The summed E-state index contributed by atoms with van der Waals surface area (Å²) in [6.45, 7) is 4.95. The quantitative estimate of drug-likeness (QED) is 0.271. The zero-order valence-electron chi connectivity index (χ0n) is 14.8. The van der Waals surface area contributed by atoms with Gasteiger partial charge in [0.25, 0.3) is 0 Å². The number of aliphatic imine (C=N–C) groups is 1. The van der Waals surface area contributed by atoms with E-state index in [1.54, 1.807) is 0 Å². The molecule has 2 rings (SSSR count). The van der Waals surface area contributed by atoms with Gasteiger partial charge in [0.15, 0.2) is 17.6 Å². The Hall–Kier alpha value is -1.65. The summed E-state index contributed by atoms with van der Waals surface area (Å²) in [6, 6.07) is 3.39. The largest absolute Gasteiger partial charge is 0.492 e. The molecule has 0 radical (unpaired) electrons. The second kappa shape index (κ2) is 11.9. The van der Waals surface area contributed by atoms with Crippen LogP contribution < -0.4 is 15.4 Å². The molecule has 1 saturated heterocycles. The monoisotopic (exact) mass is 482 g/mol. The van der Waals surface area contributed by atoms with Gasteiger partial charge in [0, 0.05) is 25.7 Å². The average molecular weight is 482 g/mol. The van der Waals surface area contributed by atoms with Crippen molar-refractivity contribution < 1.29 is 18.3 Å². The Morgan fingerprint density at radius 3 is 2.62 bits per heavy atom. The van der Waals surface area contributed by atoms with Gasteiger partial charge in [0.2, 0.25) is 5.91 Å². The minimum Gasteiger partial charge on any atom is -0.492 e. The van der Waals surface area contributed by atoms with Crippen molar-refractivity contribution in [2.24, 2.45) is 4.99 Å². The summed E-state index contributed by atoms with van der Waals surface area (Å²) >= 11 is 0. The van der Waals surface area contributed by atoms with Crippen LogP contribution in [0.25, 0.3) is 0 Å². The van der Waals surface area contributed by atoms with Crippen molar-refractivity contribution in [2.45, 2.75) is 19.8 Å². The van der Waals surface area contributed by atoms with Crippen molar-refractivity contribution in [1.29, 1.82) is 0 Å². The molecule has 1 amide bonds. The fourth-order valence-corrected chi connectivity index (χ4v) is 2.46. The van der Waals surface area contributed by atoms with Crippen LogP contribution in [0.5, 0.6) is 5.75 Å². The number of guanidine groups is 1. The lowest BCUT2D eigenvalue weighted by molar-refractivity contribution is -0.128. The fraction of sp³-hybridized carbons (Fsp3) is 0.529. The average Bonchev–Trinajstić information content (AvgIpc) is 3.14. The summed E-state index contributed by atoms with van der Waals surface area (Å²) < 4.78 is 31.3. The summed E-state index contributed by atoms with van der Waals surface area (Å²) in [5.74, 6) is -1.06. The second-order valence-corrected chi connectivity index (χ2v) is 5.63. The van der Waals surface area contributed by atoms with Gasteiger partial charge in [-0.3, -0.25) is 4.79 Å². The summed E-state index contributed by atoms with van der Waals surface area (Å²) in [7, 11) is 0. The van der Waals surface area contributed by atoms with E-state index >= 15 is 0 Å². The SMILES string of the molecule is CCNC(=NCC(=O)N1CCCC1)NCCOc1ccc(F)c(F)c1.I. The van der Waals surface area contributed by atoms with Gasteiger partial charge < -0.3 is 20.3 Å². The van der Waals surface area contributed by atoms with Crippen LogP contribution in [0, 0.1) is 11.6 Å². The first kappa shape index (κ1) is 22.4. The third-order valence-electron chi connectivity index (χ3n) is 3.73. The lowest BCUT2D eigenvalue weighted by atomic mass is 10.3. The lowest BCUT2D eigenvalue weighted by Crippen LogP contribution is -2.40. The van der Waals surface area contributed by atoms with Crippen molar-refractivity contribution >= 4 is 35.8 Å². The molecule has 9 heteroatoms. The molecule has 26 heavy (non-hydrogen) atoms. The first-order valence-electron chi connectivity index (χ1n) is 8.48. The van der Waals surface area contributed by atoms with Crippen LogP contribution in [0.1, 0.15) is 19.8 Å². The summed E-state index contributed by atoms with van der Waals surface area (Å²) in [4.78, 5) is 18.1. The third-order valence-corrected chi connectivity index (χ3v) is 3.73. The second-order valence-electron chi connectivity index (χ2n) is 5.63. The van der Waals surface area contributed by atoms with E-state index < -0.39 is 11.6 Å². The number of halogens is 3. The maximum atomic E-state index is 13.1. The zero-order valence-corrected chi connectivity index (χ0v) is 17.1. The number of carbonyl (C=O) groups is 1. The van der Waals surface area contributed by atoms with Gasteiger partial charge in [-0.05, 0) is 31.9 Å². The number of hydrogen-bond donors (Lipinski definition) is 2. The molecule has 6 nitrogen and oxygen atoms in total. The van der Waals surface area contributed by atoms with Crippen LogP contribution in [0.2, 0.25) is 0 Å². The lowest BCUT2D eigenvalue weighted by Gasteiger charge is -2.15. The summed E-state index contributed by atoms with van der Waals surface area (Å²) in [5.41, 5.74) is 0. The predicted octanol–water partition coefficient (Wildman–Crippen LogP) is 2.14. The van der Waals surface area contributed by atoms with Crippen LogP contribution in [0.3, 0.4) is 0 Å². The van der Waals surface area contributed by atoms with E-state index in [2.05, 4.69) is 15.6 Å². The Kier molecular flexibility index (Phi) is 10.2. The van der Waals surface area contributed by atoms with Crippen molar-refractivity contribution in [3.05, 3.63) is 29.8 Å². The number of nitrogens with one attached hydrogen (secondary N) is 2. The molecule has 0 unspecified atom stereocenters. The topological polar surface area (TPSA) is 66.0 Å². The van der Waals surface area contributed by atoms with E-state index in [9.17, 15) is 13.6 Å². The van der Waals surface area contributed by atoms with Gasteiger partial charge in [-0.15, -0.1) is 24.0 Å². The van der Waals surface area contributed by atoms with Crippen LogP contribution in [0.4, 0.5) is 8.78 Å². The molecule has 0 saturated carbocycles. The number of ether oxygens (including phenoxy) is 1. The van der Waals surface area contributed by atoms with E-state index in [4.69, 9.17) is 4.74 Å². The van der Waals surface area contributed by atoms with Gasteiger partial charge in [0.05, 0.1) is 6.54 Å². The van der Waals surface area contributed by atoms with Crippen LogP contribution in [-0.2, 0) is 4.79 Å². The highest BCUT2D eigenvalue weighted by molar-refractivity contribution is 14.0. The Labute approximate surface area is 169 Å². The normalized spacial score (nSPS) is 14.0. The molecule has 1 heterocycles. The number of amides is 1. The van der Waals surface area contributed by atoms with E-state index in [0.29, 0.717) is 19.0 Å². The minimum atomic E-state index is -0.944. The molecule has 2 N–H and O–H groups in total. The number of hydrogen-bond acceptors (Lipinski definition) is 3. The Morgan fingerprint density at radius 1 is 1.23 bits per heavy atom. The molecule has 1 aromatic carbocycles. The number of rotatable bonds is 7. The molecule has 146 valence electrons. The molecule has 1 aliphatic heterocycles. The van der Waals surface area contributed by atoms with Crippen molar-refractivity contribution in [1.82, 2.24) is 15.5 Å². The van der Waals surface area contributed by atoms with Gasteiger partial charge in [-0.2, -0.15) is 0 Å². The van der Waals surface area contributed by atoms with Crippen LogP contribution in [0.15, 0.2) is 23.2 Å². The maximum Gasteiger partial charge on any atom is 0.244 e. The molecule has 0 aromatic heterocycles. The Balaban J connectivity index is 0.00000338.